The van der Waals surface area contributed by atoms with Gasteiger partial charge in [-0.05, 0) is 56.9 Å². The Morgan fingerprint density at radius 2 is 1.81 bits per heavy atom. The average Bonchev–Trinajstić information content (AvgIpc) is 2.71. The second-order valence-electron chi connectivity index (χ2n) is 8.95. The number of aromatic nitrogens is 2. The number of nitrogen functional groups attached to an aromatic ring is 1. The fourth-order valence-corrected chi connectivity index (χ4v) is 4.92. The maximum atomic E-state index is 11.3. The van der Waals surface area contributed by atoms with E-state index in [2.05, 4.69) is 39.0 Å². The highest BCUT2D eigenvalue weighted by molar-refractivity contribution is 7.88. The molecule has 1 aromatic carbocycles. The molecular formula is C22H29N5O3S. The van der Waals surface area contributed by atoms with E-state index in [0.717, 1.165) is 37.0 Å². The molecule has 2 aliphatic rings. The first-order valence-corrected chi connectivity index (χ1v) is 12.4. The molecule has 166 valence electrons. The molecule has 0 unspecified atom stereocenters. The van der Waals surface area contributed by atoms with Gasteiger partial charge in [-0.15, -0.1) is 0 Å². The summed E-state index contributed by atoms with van der Waals surface area (Å²) < 4.78 is 31.3. The minimum atomic E-state index is -3.12. The third-order valence-electron chi connectivity index (χ3n) is 6.10. The van der Waals surface area contributed by atoms with Crippen LogP contribution in [-0.2, 0) is 10.0 Å². The van der Waals surface area contributed by atoms with E-state index in [0.29, 0.717) is 35.8 Å². The number of benzene rings is 1. The molecule has 1 aromatic heterocycles. The lowest BCUT2D eigenvalue weighted by Crippen LogP contribution is -2.41. The Labute approximate surface area is 183 Å². The summed E-state index contributed by atoms with van der Waals surface area (Å²) in [6.07, 6.45) is 6.77. The normalized spacial score (nSPS) is 22.9. The fraction of sp³-hybridized carbons (Fsp3) is 0.500. The zero-order chi connectivity index (χ0) is 22.2. The molecule has 0 bridgehead atoms. The first-order chi connectivity index (χ1) is 14.6. The van der Waals surface area contributed by atoms with E-state index >= 15 is 0 Å². The molecule has 0 radical (unpaired) electrons. The van der Waals surface area contributed by atoms with Crippen molar-refractivity contribution in [3.8, 4) is 5.88 Å². The molecule has 1 fully saturated rings. The number of hydrogen-bond donors (Lipinski definition) is 2. The Kier molecular flexibility index (Phi) is 5.74. The summed E-state index contributed by atoms with van der Waals surface area (Å²) in [5, 5.41) is 0. The SMILES string of the molecule is CC1(C)Oc2ncnc(N)c2N=C1c1ccc([C@H]2CC[C@H](CNS(C)(=O)=O)CC2)cc1. The molecule has 1 saturated carbocycles. The van der Waals surface area contributed by atoms with Crippen LogP contribution in [0.2, 0.25) is 0 Å². The van der Waals surface area contributed by atoms with Crippen molar-refractivity contribution in [3.05, 3.63) is 41.7 Å². The largest absolute Gasteiger partial charge is 0.463 e. The highest BCUT2D eigenvalue weighted by atomic mass is 32.2. The fourth-order valence-electron chi connectivity index (χ4n) is 4.39. The van der Waals surface area contributed by atoms with Gasteiger partial charge in [0.25, 0.3) is 0 Å². The molecule has 3 N–H and O–H groups in total. The number of nitrogens with two attached hydrogens (primary N) is 1. The molecular weight excluding hydrogens is 414 g/mol. The van der Waals surface area contributed by atoms with Gasteiger partial charge < -0.3 is 10.5 Å². The molecule has 1 aliphatic heterocycles. The van der Waals surface area contributed by atoms with Crippen molar-refractivity contribution in [3.63, 3.8) is 0 Å². The van der Waals surface area contributed by atoms with Crippen LogP contribution in [0.25, 0.3) is 0 Å². The highest BCUT2D eigenvalue weighted by Crippen LogP contribution is 2.40. The van der Waals surface area contributed by atoms with E-state index in [1.54, 1.807) is 0 Å². The Bertz CT molecular complexity index is 1090. The number of ether oxygens (including phenoxy) is 1. The van der Waals surface area contributed by atoms with Gasteiger partial charge in [-0.3, -0.25) is 0 Å². The van der Waals surface area contributed by atoms with Crippen LogP contribution in [0.4, 0.5) is 11.5 Å². The Morgan fingerprint density at radius 3 is 2.45 bits per heavy atom. The second kappa shape index (κ2) is 8.20. The average molecular weight is 444 g/mol. The number of aliphatic imine (C=N–C) groups is 1. The van der Waals surface area contributed by atoms with E-state index in [-0.39, 0.29) is 0 Å². The van der Waals surface area contributed by atoms with Gasteiger partial charge in [-0.2, -0.15) is 4.98 Å². The van der Waals surface area contributed by atoms with Gasteiger partial charge in [-0.1, -0.05) is 24.3 Å². The Balaban J connectivity index is 1.47. The molecule has 0 spiro atoms. The molecule has 0 amide bonds. The summed E-state index contributed by atoms with van der Waals surface area (Å²) in [4.78, 5) is 12.9. The van der Waals surface area contributed by atoms with Gasteiger partial charge in [0.15, 0.2) is 11.5 Å². The molecule has 31 heavy (non-hydrogen) atoms. The lowest BCUT2D eigenvalue weighted by atomic mass is 9.78. The third kappa shape index (κ3) is 4.88. The number of rotatable bonds is 5. The Morgan fingerprint density at radius 1 is 1.13 bits per heavy atom. The summed E-state index contributed by atoms with van der Waals surface area (Å²) in [6, 6.07) is 8.49. The van der Waals surface area contributed by atoms with Crippen molar-refractivity contribution in [2.45, 2.75) is 51.0 Å². The zero-order valence-corrected chi connectivity index (χ0v) is 18.9. The number of nitrogens with one attached hydrogen (secondary N) is 1. The molecule has 1 aliphatic carbocycles. The quantitative estimate of drug-likeness (QED) is 0.732. The number of hydrogen-bond acceptors (Lipinski definition) is 7. The number of nitrogens with zero attached hydrogens (tertiary/aromatic N) is 3. The van der Waals surface area contributed by atoms with Crippen molar-refractivity contribution in [2.75, 3.05) is 18.5 Å². The van der Waals surface area contributed by atoms with Gasteiger partial charge in [0.2, 0.25) is 15.9 Å². The van der Waals surface area contributed by atoms with E-state index in [1.807, 2.05) is 13.8 Å². The molecule has 0 saturated heterocycles. The molecule has 2 heterocycles. The summed E-state index contributed by atoms with van der Waals surface area (Å²) in [5.74, 6) is 1.61. The van der Waals surface area contributed by atoms with Gasteiger partial charge in [0.05, 0.1) is 12.0 Å². The molecule has 0 atom stereocenters. The highest BCUT2D eigenvalue weighted by Gasteiger charge is 2.35. The lowest BCUT2D eigenvalue weighted by Gasteiger charge is -2.32. The maximum Gasteiger partial charge on any atom is 0.246 e. The maximum absolute atomic E-state index is 11.3. The van der Waals surface area contributed by atoms with Crippen LogP contribution in [0, 0.1) is 5.92 Å². The predicted octanol–water partition coefficient (Wildman–Crippen LogP) is 3.17. The van der Waals surface area contributed by atoms with Crippen LogP contribution in [0.1, 0.15) is 56.6 Å². The van der Waals surface area contributed by atoms with Crippen LogP contribution in [0.15, 0.2) is 35.6 Å². The standard InChI is InChI=1S/C22H29N5O3S/c1-22(2)19(27-18-20(23)24-13-25-21(18)30-22)17-10-8-16(9-11-17)15-6-4-14(5-7-15)12-26-31(3,28)29/h8-11,13-15,26H,4-7,12H2,1-3H3,(H2,23,24,25)/t14-,15-. The monoisotopic (exact) mass is 443 g/mol. The summed E-state index contributed by atoms with van der Waals surface area (Å²) in [6.45, 7) is 4.47. The van der Waals surface area contributed by atoms with Gasteiger partial charge in [-0.25, -0.2) is 23.1 Å². The molecule has 8 nitrogen and oxygen atoms in total. The molecule has 9 heteroatoms. The van der Waals surface area contributed by atoms with Crippen molar-refractivity contribution < 1.29 is 13.2 Å². The smallest absolute Gasteiger partial charge is 0.246 e. The second-order valence-corrected chi connectivity index (χ2v) is 10.8. The van der Waals surface area contributed by atoms with Crippen molar-refractivity contribution in [1.82, 2.24) is 14.7 Å². The zero-order valence-electron chi connectivity index (χ0n) is 18.1. The van der Waals surface area contributed by atoms with Crippen LogP contribution in [0.5, 0.6) is 5.88 Å². The van der Waals surface area contributed by atoms with Gasteiger partial charge in [0.1, 0.15) is 11.9 Å². The third-order valence-corrected chi connectivity index (χ3v) is 6.79. The number of sulfonamides is 1. The summed E-state index contributed by atoms with van der Waals surface area (Å²) in [5.41, 5.74) is 8.89. The number of anilines is 1. The van der Waals surface area contributed by atoms with Crippen LogP contribution in [-0.4, -0.2) is 42.5 Å². The van der Waals surface area contributed by atoms with Gasteiger partial charge in [0, 0.05) is 12.1 Å². The van der Waals surface area contributed by atoms with Crippen LogP contribution < -0.4 is 15.2 Å². The van der Waals surface area contributed by atoms with Crippen molar-refractivity contribution >= 4 is 27.2 Å². The van der Waals surface area contributed by atoms with Crippen LogP contribution >= 0.6 is 0 Å². The first-order valence-electron chi connectivity index (χ1n) is 10.6. The Hall–Kier alpha value is -2.52. The summed E-state index contributed by atoms with van der Waals surface area (Å²) in [7, 11) is -3.12. The van der Waals surface area contributed by atoms with E-state index in [1.165, 1.54) is 18.1 Å². The predicted molar refractivity (Wildman–Crippen MR) is 121 cm³/mol. The summed E-state index contributed by atoms with van der Waals surface area (Å²) >= 11 is 0. The van der Waals surface area contributed by atoms with Crippen molar-refractivity contribution in [1.29, 1.82) is 0 Å². The molecule has 2 aromatic rings. The van der Waals surface area contributed by atoms with Crippen molar-refractivity contribution in [2.24, 2.45) is 10.9 Å². The minimum absolute atomic E-state index is 0.303. The first kappa shape index (κ1) is 21.7. The van der Waals surface area contributed by atoms with Crippen LogP contribution in [0.3, 0.4) is 0 Å². The van der Waals surface area contributed by atoms with E-state index < -0.39 is 15.6 Å². The minimum Gasteiger partial charge on any atom is -0.463 e. The topological polar surface area (TPSA) is 120 Å². The van der Waals surface area contributed by atoms with E-state index in [4.69, 9.17) is 15.5 Å². The van der Waals surface area contributed by atoms with Gasteiger partial charge >= 0.3 is 0 Å². The van der Waals surface area contributed by atoms with E-state index in [9.17, 15) is 8.42 Å². The molecule has 4 rings (SSSR count). The number of fused-ring (bicyclic) bond motifs is 1. The lowest BCUT2D eigenvalue weighted by molar-refractivity contribution is 0.171.